The minimum atomic E-state index is -1.16. The second-order valence-corrected chi connectivity index (χ2v) is 4.56. The largest absolute Gasteiger partial charge is 0.479 e. The highest BCUT2D eigenvalue weighted by molar-refractivity contribution is 5.88. The fraction of sp³-hybridized carbons (Fsp3) is 0.538. The van der Waals surface area contributed by atoms with Gasteiger partial charge in [0.15, 0.2) is 6.10 Å². The van der Waals surface area contributed by atoms with Gasteiger partial charge >= 0.3 is 11.9 Å². The first-order valence-corrected chi connectivity index (χ1v) is 5.95. The number of hydrogen-bond acceptors (Lipinski definition) is 5. The van der Waals surface area contributed by atoms with Gasteiger partial charge in [-0.25, -0.2) is 9.59 Å². The molecule has 19 heavy (non-hydrogen) atoms. The molecule has 0 aliphatic carbocycles. The standard InChI is InChI=1S/C13H18O6/c1-8(2)6-11(12(14)15)19-13(16)10-5-4-9(18-10)7-17-3/h4-5,8,11H,6-7H2,1-3H3,(H,14,15)/t11-/m1/s1. The molecule has 0 amide bonds. The van der Waals surface area contributed by atoms with Gasteiger partial charge in [0, 0.05) is 7.11 Å². The predicted octanol–water partition coefficient (Wildman–Crippen LogP) is 2.08. The summed E-state index contributed by atoms with van der Waals surface area (Å²) in [5, 5.41) is 8.98. The number of esters is 1. The quantitative estimate of drug-likeness (QED) is 0.763. The van der Waals surface area contributed by atoms with Crippen LogP contribution in [0, 0.1) is 5.92 Å². The summed E-state index contributed by atoms with van der Waals surface area (Å²) in [5.74, 6) is -1.39. The van der Waals surface area contributed by atoms with Gasteiger partial charge in [-0.2, -0.15) is 0 Å². The van der Waals surface area contributed by atoms with Crippen molar-refractivity contribution < 1.29 is 28.6 Å². The van der Waals surface area contributed by atoms with E-state index in [1.165, 1.54) is 13.2 Å². The van der Waals surface area contributed by atoms with Crippen LogP contribution in [0.5, 0.6) is 0 Å². The van der Waals surface area contributed by atoms with E-state index < -0.39 is 18.0 Å². The summed E-state index contributed by atoms with van der Waals surface area (Å²) in [6.07, 6.45) is -0.907. The molecule has 1 heterocycles. The topological polar surface area (TPSA) is 86.0 Å². The highest BCUT2D eigenvalue weighted by Gasteiger charge is 2.25. The van der Waals surface area contributed by atoms with Gasteiger partial charge in [-0.05, 0) is 24.5 Å². The lowest BCUT2D eigenvalue weighted by molar-refractivity contribution is -0.148. The highest BCUT2D eigenvalue weighted by Crippen LogP contribution is 2.14. The van der Waals surface area contributed by atoms with Crippen LogP contribution < -0.4 is 0 Å². The van der Waals surface area contributed by atoms with E-state index in [0.29, 0.717) is 5.76 Å². The number of carbonyl (C=O) groups is 2. The Morgan fingerprint density at radius 2 is 2.05 bits per heavy atom. The number of furan rings is 1. The number of carboxylic acids is 1. The summed E-state index contributed by atoms with van der Waals surface area (Å²) in [5.41, 5.74) is 0. The van der Waals surface area contributed by atoms with Crippen LogP contribution in [-0.4, -0.2) is 30.3 Å². The minimum Gasteiger partial charge on any atom is -0.479 e. The maximum Gasteiger partial charge on any atom is 0.375 e. The second-order valence-electron chi connectivity index (χ2n) is 4.56. The zero-order valence-corrected chi connectivity index (χ0v) is 11.2. The molecule has 0 aromatic carbocycles. The smallest absolute Gasteiger partial charge is 0.375 e. The lowest BCUT2D eigenvalue weighted by atomic mass is 10.1. The van der Waals surface area contributed by atoms with Crippen molar-refractivity contribution in [1.29, 1.82) is 0 Å². The van der Waals surface area contributed by atoms with E-state index in [-0.39, 0.29) is 24.7 Å². The normalized spacial score (nSPS) is 12.4. The monoisotopic (exact) mass is 270 g/mol. The molecule has 6 nitrogen and oxygen atoms in total. The van der Waals surface area contributed by atoms with Crippen LogP contribution in [0.4, 0.5) is 0 Å². The Morgan fingerprint density at radius 3 is 2.58 bits per heavy atom. The third-order valence-electron chi connectivity index (χ3n) is 2.36. The van der Waals surface area contributed by atoms with E-state index in [1.54, 1.807) is 6.07 Å². The van der Waals surface area contributed by atoms with Gasteiger partial charge in [0.05, 0.1) is 0 Å². The predicted molar refractivity (Wildman–Crippen MR) is 65.7 cm³/mol. The fourth-order valence-corrected chi connectivity index (χ4v) is 1.52. The lowest BCUT2D eigenvalue weighted by Crippen LogP contribution is -2.28. The molecule has 106 valence electrons. The van der Waals surface area contributed by atoms with Crippen molar-refractivity contribution >= 4 is 11.9 Å². The number of aliphatic carboxylic acids is 1. The van der Waals surface area contributed by atoms with Gasteiger partial charge in [-0.15, -0.1) is 0 Å². The van der Waals surface area contributed by atoms with Crippen LogP contribution in [0.15, 0.2) is 16.5 Å². The third-order valence-corrected chi connectivity index (χ3v) is 2.36. The first-order chi connectivity index (χ1) is 8.93. The molecule has 0 fully saturated rings. The number of rotatable bonds is 7. The highest BCUT2D eigenvalue weighted by atomic mass is 16.6. The van der Waals surface area contributed by atoms with Gasteiger partial charge in [0.25, 0.3) is 0 Å². The Morgan fingerprint density at radius 1 is 1.37 bits per heavy atom. The zero-order chi connectivity index (χ0) is 14.4. The summed E-state index contributed by atoms with van der Waals surface area (Å²) >= 11 is 0. The summed E-state index contributed by atoms with van der Waals surface area (Å²) in [6, 6.07) is 3.02. The Kier molecular flexibility index (Phi) is 5.57. The van der Waals surface area contributed by atoms with Crippen LogP contribution in [0.25, 0.3) is 0 Å². The van der Waals surface area contributed by atoms with Gasteiger partial charge in [-0.3, -0.25) is 0 Å². The van der Waals surface area contributed by atoms with E-state index in [2.05, 4.69) is 0 Å². The zero-order valence-electron chi connectivity index (χ0n) is 11.2. The lowest BCUT2D eigenvalue weighted by Gasteiger charge is -2.14. The molecule has 0 unspecified atom stereocenters. The Hall–Kier alpha value is -1.82. The molecule has 0 aliphatic heterocycles. The third kappa shape index (κ3) is 4.75. The van der Waals surface area contributed by atoms with Gasteiger partial charge < -0.3 is 19.0 Å². The Bertz CT molecular complexity index is 434. The van der Waals surface area contributed by atoms with E-state index in [4.69, 9.17) is 19.0 Å². The van der Waals surface area contributed by atoms with Crippen molar-refractivity contribution in [2.75, 3.05) is 7.11 Å². The molecule has 0 aliphatic rings. The molecule has 0 saturated carbocycles. The number of carboxylic acid groups (broad SMARTS) is 1. The summed E-state index contributed by atoms with van der Waals surface area (Å²) in [6.45, 7) is 3.95. The molecule has 1 rings (SSSR count). The first-order valence-electron chi connectivity index (χ1n) is 5.95. The van der Waals surface area contributed by atoms with Crippen LogP contribution in [-0.2, 0) is 20.9 Å². The van der Waals surface area contributed by atoms with Gasteiger partial charge in [0.2, 0.25) is 5.76 Å². The van der Waals surface area contributed by atoms with E-state index in [0.717, 1.165) is 0 Å². The average molecular weight is 270 g/mol. The van der Waals surface area contributed by atoms with Gasteiger partial charge in [-0.1, -0.05) is 13.8 Å². The van der Waals surface area contributed by atoms with Crippen molar-refractivity contribution in [2.24, 2.45) is 5.92 Å². The second kappa shape index (κ2) is 6.94. The van der Waals surface area contributed by atoms with Crippen molar-refractivity contribution in [3.05, 3.63) is 23.7 Å². The maximum atomic E-state index is 11.7. The molecule has 6 heteroatoms. The molecule has 1 aromatic rings. The van der Waals surface area contributed by atoms with Crippen LogP contribution in [0.2, 0.25) is 0 Å². The summed E-state index contributed by atoms with van der Waals surface area (Å²) in [7, 11) is 1.50. The molecule has 0 radical (unpaired) electrons. The first kappa shape index (κ1) is 15.2. The molecular formula is C13H18O6. The number of ether oxygens (including phenoxy) is 2. The summed E-state index contributed by atoms with van der Waals surface area (Å²) < 4.78 is 15.0. The van der Waals surface area contributed by atoms with Crippen LogP contribution in [0.3, 0.4) is 0 Å². The molecule has 1 N–H and O–H groups in total. The molecule has 1 atom stereocenters. The van der Waals surface area contributed by atoms with Crippen molar-refractivity contribution in [3.8, 4) is 0 Å². The molecule has 0 bridgehead atoms. The number of carbonyl (C=O) groups excluding carboxylic acids is 1. The number of methoxy groups -OCH3 is 1. The van der Waals surface area contributed by atoms with Crippen LogP contribution in [0.1, 0.15) is 36.6 Å². The minimum absolute atomic E-state index is 0.0259. The molecule has 0 spiro atoms. The molecule has 1 aromatic heterocycles. The maximum absolute atomic E-state index is 11.7. The van der Waals surface area contributed by atoms with Gasteiger partial charge in [0.1, 0.15) is 12.4 Å². The van der Waals surface area contributed by atoms with E-state index >= 15 is 0 Å². The van der Waals surface area contributed by atoms with E-state index in [9.17, 15) is 9.59 Å². The number of hydrogen-bond donors (Lipinski definition) is 1. The summed E-state index contributed by atoms with van der Waals surface area (Å²) in [4.78, 5) is 22.7. The van der Waals surface area contributed by atoms with E-state index in [1.807, 2.05) is 13.8 Å². The Labute approximate surface area is 111 Å². The van der Waals surface area contributed by atoms with Crippen LogP contribution >= 0.6 is 0 Å². The Balaban J connectivity index is 2.67. The van der Waals surface area contributed by atoms with Crippen molar-refractivity contribution in [1.82, 2.24) is 0 Å². The average Bonchev–Trinajstić information content (AvgIpc) is 2.76. The SMILES string of the molecule is COCc1ccc(C(=O)O[C@H](CC(C)C)C(=O)O)o1. The fourth-order valence-electron chi connectivity index (χ4n) is 1.52. The molecular weight excluding hydrogens is 252 g/mol. The van der Waals surface area contributed by atoms with Crippen molar-refractivity contribution in [2.45, 2.75) is 33.0 Å². The van der Waals surface area contributed by atoms with Crippen molar-refractivity contribution in [3.63, 3.8) is 0 Å². The molecule has 0 saturated heterocycles.